The summed E-state index contributed by atoms with van der Waals surface area (Å²) < 4.78 is 0. The molecule has 3 heteroatoms. The van der Waals surface area contributed by atoms with Crippen LogP contribution in [0.25, 0.3) is 0 Å². The molecule has 78 valence electrons. The normalized spacial score (nSPS) is 23.9. The molecule has 1 aliphatic heterocycles. The van der Waals surface area contributed by atoms with E-state index in [1.165, 1.54) is 24.2 Å². The van der Waals surface area contributed by atoms with E-state index >= 15 is 0 Å². The van der Waals surface area contributed by atoms with Crippen molar-refractivity contribution in [1.82, 2.24) is 0 Å². The molecular weight excluding hydrogens is 210 g/mol. The Morgan fingerprint density at radius 2 is 2.50 bits per heavy atom. The summed E-state index contributed by atoms with van der Waals surface area (Å²) in [5.74, 6) is 1.32. The Hall–Kier alpha value is 0.01000. The van der Waals surface area contributed by atoms with Gasteiger partial charge in [0.05, 0.1) is 0 Å². The second-order valence-corrected chi connectivity index (χ2v) is 6.01. The molecule has 1 saturated heterocycles. The Morgan fingerprint density at radius 1 is 1.57 bits per heavy atom. The lowest BCUT2D eigenvalue weighted by Crippen LogP contribution is -2.31. The van der Waals surface area contributed by atoms with E-state index in [0.29, 0.717) is 6.04 Å². The van der Waals surface area contributed by atoms with Gasteiger partial charge in [0.25, 0.3) is 0 Å². The van der Waals surface area contributed by atoms with E-state index in [-0.39, 0.29) is 0 Å². The minimum absolute atomic E-state index is 0.405. The molecule has 0 radical (unpaired) electrons. The molecule has 0 aromatic carbocycles. The molecule has 0 aliphatic carbocycles. The molecule has 2 N–H and O–H groups in total. The largest absolute Gasteiger partial charge is 0.327 e. The highest BCUT2D eigenvalue weighted by atomic mass is 32.2. The predicted molar refractivity (Wildman–Crippen MR) is 66.1 cm³/mol. The fourth-order valence-corrected chi connectivity index (χ4v) is 3.95. The third-order valence-electron chi connectivity index (χ3n) is 2.79. The van der Waals surface area contributed by atoms with Crippen LogP contribution in [-0.4, -0.2) is 17.0 Å². The number of aryl methyl sites for hydroxylation is 1. The number of rotatable bonds is 4. The molecule has 0 spiro atoms. The van der Waals surface area contributed by atoms with Crippen molar-refractivity contribution >= 4 is 23.1 Å². The number of thioether (sulfide) groups is 1. The molecular formula is C11H17NS2. The quantitative estimate of drug-likeness (QED) is 0.856. The number of thiophene rings is 1. The summed E-state index contributed by atoms with van der Waals surface area (Å²) in [5, 5.41) is 5.10. The summed E-state index contributed by atoms with van der Waals surface area (Å²) in [6.07, 6.45) is 4.99. The van der Waals surface area contributed by atoms with Gasteiger partial charge in [0.2, 0.25) is 0 Å². The molecule has 1 fully saturated rings. The summed E-state index contributed by atoms with van der Waals surface area (Å²) in [6, 6.07) is 2.61. The average Bonchev–Trinajstić information content (AvgIpc) is 2.87. The lowest BCUT2D eigenvalue weighted by atomic mass is 10.0. The molecule has 2 rings (SSSR count). The van der Waals surface area contributed by atoms with Crippen LogP contribution in [0.2, 0.25) is 0 Å². The van der Waals surface area contributed by atoms with Crippen molar-refractivity contribution in [2.75, 3.05) is 5.75 Å². The minimum Gasteiger partial charge on any atom is -0.327 e. The number of nitrogens with two attached hydrogens (primary N) is 1. The molecule has 1 nitrogen and oxygen atoms in total. The second-order valence-electron chi connectivity index (χ2n) is 3.89. The molecule has 0 bridgehead atoms. The van der Waals surface area contributed by atoms with E-state index in [1.807, 2.05) is 0 Å². The fraction of sp³-hybridized carbons (Fsp3) is 0.636. The first kappa shape index (κ1) is 10.5. The van der Waals surface area contributed by atoms with Crippen LogP contribution in [0.3, 0.4) is 0 Å². The van der Waals surface area contributed by atoms with Crippen LogP contribution in [0, 0.1) is 0 Å². The Labute approximate surface area is 94.1 Å². The molecule has 14 heavy (non-hydrogen) atoms. The van der Waals surface area contributed by atoms with Crippen LogP contribution in [0.5, 0.6) is 0 Å². The van der Waals surface area contributed by atoms with E-state index in [4.69, 9.17) is 5.73 Å². The Morgan fingerprint density at radius 3 is 3.14 bits per heavy atom. The first-order valence-corrected chi connectivity index (χ1v) is 7.23. The van der Waals surface area contributed by atoms with Crippen LogP contribution >= 0.6 is 23.1 Å². The highest BCUT2D eigenvalue weighted by molar-refractivity contribution is 8.00. The topological polar surface area (TPSA) is 26.0 Å². The van der Waals surface area contributed by atoms with E-state index < -0.39 is 0 Å². The standard InChI is InChI=1S/C11H17NS2/c12-10(11-2-1-6-14-11)4-3-9-5-7-13-8-9/h5,7-8,10-11H,1-4,6,12H2. The summed E-state index contributed by atoms with van der Waals surface area (Å²) in [6.45, 7) is 0. The first-order valence-electron chi connectivity index (χ1n) is 5.24. The molecule has 2 atom stereocenters. The maximum atomic E-state index is 6.18. The Balaban J connectivity index is 1.74. The van der Waals surface area contributed by atoms with Crippen molar-refractivity contribution in [3.8, 4) is 0 Å². The molecule has 1 aliphatic rings. The van der Waals surface area contributed by atoms with Gasteiger partial charge in [0.1, 0.15) is 0 Å². The van der Waals surface area contributed by atoms with Gasteiger partial charge in [-0.25, -0.2) is 0 Å². The summed E-state index contributed by atoms with van der Waals surface area (Å²) in [7, 11) is 0. The van der Waals surface area contributed by atoms with Crippen LogP contribution in [-0.2, 0) is 6.42 Å². The van der Waals surface area contributed by atoms with Crippen molar-refractivity contribution in [3.63, 3.8) is 0 Å². The van der Waals surface area contributed by atoms with E-state index in [2.05, 4.69) is 28.6 Å². The number of hydrogen-bond donors (Lipinski definition) is 1. The lowest BCUT2D eigenvalue weighted by Gasteiger charge is -2.17. The highest BCUT2D eigenvalue weighted by Crippen LogP contribution is 2.29. The highest BCUT2D eigenvalue weighted by Gasteiger charge is 2.22. The van der Waals surface area contributed by atoms with E-state index in [9.17, 15) is 0 Å². The number of hydrogen-bond acceptors (Lipinski definition) is 3. The summed E-state index contributed by atoms with van der Waals surface area (Å²) in [4.78, 5) is 0. The zero-order chi connectivity index (χ0) is 9.80. The van der Waals surface area contributed by atoms with Crippen molar-refractivity contribution in [2.45, 2.75) is 37.0 Å². The molecule has 2 heterocycles. The molecule has 0 saturated carbocycles. The Bertz CT molecular complexity index is 252. The van der Waals surface area contributed by atoms with Crippen LogP contribution in [0.4, 0.5) is 0 Å². The second kappa shape index (κ2) is 5.19. The van der Waals surface area contributed by atoms with E-state index in [1.54, 1.807) is 11.3 Å². The smallest absolute Gasteiger partial charge is 0.0199 e. The third kappa shape index (κ3) is 2.75. The van der Waals surface area contributed by atoms with Crippen LogP contribution < -0.4 is 5.73 Å². The summed E-state index contributed by atoms with van der Waals surface area (Å²) >= 11 is 3.84. The van der Waals surface area contributed by atoms with Crippen LogP contribution in [0.1, 0.15) is 24.8 Å². The monoisotopic (exact) mass is 227 g/mol. The van der Waals surface area contributed by atoms with Crippen molar-refractivity contribution in [2.24, 2.45) is 5.73 Å². The Kier molecular flexibility index (Phi) is 3.90. The van der Waals surface area contributed by atoms with Gasteiger partial charge < -0.3 is 5.73 Å². The zero-order valence-electron chi connectivity index (χ0n) is 8.32. The molecule has 1 aromatic rings. The fourth-order valence-electron chi connectivity index (χ4n) is 1.89. The first-order chi connectivity index (χ1) is 6.86. The van der Waals surface area contributed by atoms with Gasteiger partial charge in [0.15, 0.2) is 0 Å². The average molecular weight is 227 g/mol. The minimum atomic E-state index is 0.405. The summed E-state index contributed by atoms with van der Waals surface area (Å²) in [5.41, 5.74) is 7.63. The van der Waals surface area contributed by atoms with Gasteiger partial charge in [-0.2, -0.15) is 23.1 Å². The van der Waals surface area contributed by atoms with Gasteiger partial charge in [-0.3, -0.25) is 0 Å². The van der Waals surface area contributed by atoms with Gasteiger partial charge in [0, 0.05) is 11.3 Å². The lowest BCUT2D eigenvalue weighted by molar-refractivity contribution is 0.570. The van der Waals surface area contributed by atoms with Crippen molar-refractivity contribution in [1.29, 1.82) is 0 Å². The molecule has 0 amide bonds. The zero-order valence-corrected chi connectivity index (χ0v) is 9.95. The molecule has 1 aromatic heterocycles. The van der Waals surface area contributed by atoms with Crippen molar-refractivity contribution in [3.05, 3.63) is 22.4 Å². The maximum Gasteiger partial charge on any atom is 0.0199 e. The van der Waals surface area contributed by atoms with Gasteiger partial charge in [-0.1, -0.05) is 0 Å². The maximum absolute atomic E-state index is 6.18. The third-order valence-corrected chi connectivity index (χ3v) is 5.06. The van der Waals surface area contributed by atoms with Crippen LogP contribution in [0.15, 0.2) is 16.8 Å². The predicted octanol–water partition coefficient (Wildman–Crippen LogP) is 2.90. The van der Waals surface area contributed by atoms with E-state index in [0.717, 1.165) is 18.1 Å². The van der Waals surface area contributed by atoms with Crippen molar-refractivity contribution < 1.29 is 0 Å². The SMILES string of the molecule is NC(CCc1ccsc1)C1CCCS1. The van der Waals surface area contributed by atoms with Gasteiger partial charge in [-0.15, -0.1) is 0 Å². The van der Waals surface area contributed by atoms with Gasteiger partial charge >= 0.3 is 0 Å². The van der Waals surface area contributed by atoms with Gasteiger partial charge in [-0.05, 0) is 53.8 Å². The molecule has 2 unspecified atom stereocenters.